The second kappa shape index (κ2) is 7.65. The number of aryl methyl sites for hydroxylation is 2. The Bertz CT molecular complexity index is 617. The van der Waals surface area contributed by atoms with E-state index in [2.05, 4.69) is 5.32 Å². The van der Waals surface area contributed by atoms with Crippen molar-refractivity contribution >= 4 is 28.8 Å². The van der Waals surface area contributed by atoms with Crippen molar-refractivity contribution in [3.8, 4) is 5.75 Å². The number of ether oxygens (including phenoxy) is 1. The Morgan fingerprint density at radius 2 is 2.05 bits per heavy atom. The van der Waals surface area contributed by atoms with Crippen LogP contribution in [-0.4, -0.2) is 12.0 Å². The molecule has 0 radical (unpaired) electrons. The van der Waals surface area contributed by atoms with Gasteiger partial charge in [-0.15, -0.1) is 11.3 Å². The van der Waals surface area contributed by atoms with Gasteiger partial charge in [0.25, 0.3) is 5.91 Å². The van der Waals surface area contributed by atoms with Gasteiger partial charge in [0, 0.05) is 9.90 Å². The predicted octanol–water partition coefficient (Wildman–Crippen LogP) is 4.49. The highest BCUT2D eigenvalue weighted by Crippen LogP contribution is 2.26. The summed E-state index contributed by atoms with van der Waals surface area (Å²) in [5, 5.41) is 5.65. The number of rotatable bonds is 6. The number of halogens is 1. The molecule has 1 amide bonds. The van der Waals surface area contributed by atoms with Crippen LogP contribution in [0.3, 0.4) is 0 Å². The molecule has 1 N–H and O–H groups in total. The molecule has 0 aliphatic rings. The molecule has 3 nitrogen and oxygen atoms in total. The van der Waals surface area contributed by atoms with Crippen LogP contribution in [-0.2, 0) is 11.3 Å². The number of benzene rings is 1. The lowest BCUT2D eigenvalue weighted by atomic mass is 10.1. The molecule has 0 aliphatic carbocycles. The summed E-state index contributed by atoms with van der Waals surface area (Å²) < 4.78 is 5.84. The van der Waals surface area contributed by atoms with E-state index < -0.39 is 6.10 Å². The molecule has 0 aliphatic heterocycles. The Kier molecular flexibility index (Phi) is 5.86. The molecule has 5 heteroatoms. The molecule has 22 heavy (non-hydrogen) atoms. The second-order valence-electron chi connectivity index (χ2n) is 5.18. The van der Waals surface area contributed by atoms with Crippen LogP contribution in [0.5, 0.6) is 5.75 Å². The van der Waals surface area contributed by atoms with Gasteiger partial charge in [-0.2, -0.15) is 0 Å². The summed E-state index contributed by atoms with van der Waals surface area (Å²) in [4.78, 5) is 13.4. The van der Waals surface area contributed by atoms with E-state index in [1.165, 1.54) is 0 Å². The number of carbonyl (C=O) groups excluding carboxylic acids is 1. The third-order valence-corrected chi connectivity index (χ3v) is 4.84. The van der Waals surface area contributed by atoms with E-state index in [0.717, 1.165) is 21.0 Å². The third-order valence-electron chi connectivity index (χ3n) is 3.37. The average molecular weight is 338 g/mol. The topological polar surface area (TPSA) is 38.3 Å². The summed E-state index contributed by atoms with van der Waals surface area (Å²) in [6.07, 6.45) is 0.108. The van der Waals surface area contributed by atoms with Gasteiger partial charge in [-0.05, 0) is 55.0 Å². The highest BCUT2D eigenvalue weighted by molar-refractivity contribution is 7.09. The summed E-state index contributed by atoms with van der Waals surface area (Å²) >= 11 is 7.78. The minimum absolute atomic E-state index is 0.0962. The number of carbonyl (C=O) groups is 1. The van der Waals surface area contributed by atoms with E-state index in [1.54, 1.807) is 11.3 Å². The molecule has 0 fully saturated rings. The van der Waals surface area contributed by atoms with Crippen molar-refractivity contribution in [2.75, 3.05) is 0 Å². The first-order valence-electron chi connectivity index (χ1n) is 7.24. The molecule has 0 spiro atoms. The fourth-order valence-corrected chi connectivity index (χ4v) is 2.92. The lowest BCUT2D eigenvalue weighted by Gasteiger charge is -2.18. The maximum atomic E-state index is 12.3. The fraction of sp³-hybridized carbons (Fsp3) is 0.353. The zero-order valence-electron chi connectivity index (χ0n) is 13.0. The number of thiophene rings is 1. The van der Waals surface area contributed by atoms with Gasteiger partial charge in [0.2, 0.25) is 0 Å². The quantitative estimate of drug-likeness (QED) is 0.843. The first-order chi connectivity index (χ1) is 10.5. The summed E-state index contributed by atoms with van der Waals surface area (Å²) in [5.74, 6) is 0.582. The minimum atomic E-state index is -0.500. The molecule has 2 aromatic rings. The summed E-state index contributed by atoms with van der Waals surface area (Å²) in [5.41, 5.74) is 1.90. The van der Waals surface area contributed by atoms with Gasteiger partial charge >= 0.3 is 0 Å². The van der Waals surface area contributed by atoms with Gasteiger partial charge in [0.15, 0.2) is 6.10 Å². The van der Waals surface area contributed by atoms with Crippen molar-refractivity contribution in [1.29, 1.82) is 0 Å². The van der Waals surface area contributed by atoms with Crippen LogP contribution in [0.15, 0.2) is 29.6 Å². The standard InChI is InChI=1S/C17H20ClNO2S/c1-4-15(17(20)19-10-14-6-5-7-22-14)21-13-8-11(2)16(18)12(3)9-13/h5-9,15H,4,10H2,1-3H3,(H,19,20). The molecular formula is C17H20ClNO2S. The maximum absolute atomic E-state index is 12.3. The lowest BCUT2D eigenvalue weighted by molar-refractivity contribution is -0.128. The third kappa shape index (κ3) is 4.24. The molecular weight excluding hydrogens is 318 g/mol. The van der Waals surface area contributed by atoms with E-state index in [4.69, 9.17) is 16.3 Å². The lowest BCUT2D eigenvalue weighted by Crippen LogP contribution is -2.37. The molecule has 1 aromatic heterocycles. The molecule has 0 bridgehead atoms. The Hall–Kier alpha value is -1.52. The molecule has 118 valence electrons. The maximum Gasteiger partial charge on any atom is 0.261 e. The number of hydrogen-bond donors (Lipinski definition) is 1. The first kappa shape index (κ1) is 16.8. The predicted molar refractivity (Wildman–Crippen MR) is 91.8 cm³/mol. The SMILES string of the molecule is CCC(Oc1cc(C)c(Cl)c(C)c1)C(=O)NCc1cccs1. The van der Waals surface area contributed by atoms with Gasteiger partial charge in [-0.1, -0.05) is 24.6 Å². The monoisotopic (exact) mass is 337 g/mol. The van der Waals surface area contributed by atoms with Crippen LogP contribution in [0, 0.1) is 13.8 Å². The van der Waals surface area contributed by atoms with Gasteiger partial charge in [0.1, 0.15) is 5.75 Å². The van der Waals surface area contributed by atoms with Gasteiger partial charge in [-0.3, -0.25) is 4.79 Å². The Labute approximate surface area is 140 Å². The second-order valence-corrected chi connectivity index (χ2v) is 6.59. The van der Waals surface area contributed by atoms with E-state index in [1.807, 2.05) is 50.4 Å². The Morgan fingerprint density at radius 3 is 2.59 bits per heavy atom. The molecule has 1 atom stereocenters. The van der Waals surface area contributed by atoms with Crippen LogP contribution < -0.4 is 10.1 Å². The number of hydrogen-bond acceptors (Lipinski definition) is 3. The van der Waals surface area contributed by atoms with E-state index >= 15 is 0 Å². The Balaban J connectivity index is 2.00. The van der Waals surface area contributed by atoms with Crippen molar-refractivity contribution in [2.45, 2.75) is 39.8 Å². The van der Waals surface area contributed by atoms with E-state index in [-0.39, 0.29) is 5.91 Å². The highest BCUT2D eigenvalue weighted by atomic mass is 35.5. The average Bonchev–Trinajstić information content (AvgIpc) is 3.01. The zero-order chi connectivity index (χ0) is 16.1. The molecule has 1 unspecified atom stereocenters. The molecule has 0 saturated carbocycles. The van der Waals surface area contributed by atoms with Crippen molar-refractivity contribution in [3.63, 3.8) is 0 Å². The van der Waals surface area contributed by atoms with Crippen LogP contribution in [0.4, 0.5) is 0 Å². The van der Waals surface area contributed by atoms with E-state index in [9.17, 15) is 4.79 Å². The minimum Gasteiger partial charge on any atom is -0.481 e. The van der Waals surface area contributed by atoms with Crippen molar-refractivity contribution in [2.24, 2.45) is 0 Å². The smallest absolute Gasteiger partial charge is 0.261 e. The van der Waals surface area contributed by atoms with Crippen LogP contribution in [0.25, 0.3) is 0 Å². The largest absolute Gasteiger partial charge is 0.481 e. The van der Waals surface area contributed by atoms with Gasteiger partial charge in [-0.25, -0.2) is 0 Å². The molecule has 2 rings (SSSR count). The normalized spacial score (nSPS) is 12.0. The first-order valence-corrected chi connectivity index (χ1v) is 8.50. The van der Waals surface area contributed by atoms with Crippen molar-refractivity contribution in [3.05, 3.63) is 50.7 Å². The molecule has 0 saturated heterocycles. The number of amides is 1. The summed E-state index contributed by atoms with van der Waals surface area (Å²) in [6, 6.07) is 7.70. The van der Waals surface area contributed by atoms with Gasteiger partial charge < -0.3 is 10.1 Å². The van der Waals surface area contributed by atoms with Crippen LogP contribution >= 0.6 is 22.9 Å². The van der Waals surface area contributed by atoms with Crippen molar-refractivity contribution in [1.82, 2.24) is 5.32 Å². The van der Waals surface area contributed by atoms with Gasteiger partial charge in [0.05, 0.1) is 6.54 Å². The molecule has 1 aromatic carbocycles. The highest BCUT2D eigenvalue weighted by Gasteiger charge is 2.18. The van der Waals surface area contributed by atoms with E-state index in [0.29, 0.717) is 18.7 Å². The van der Waals surface area contributed by atoms with Crippen LogP contribution in [0.2, 0.25) is 5.02 Å². The zero-order valence-corrected chi connectivity index (χ0v) is 14.6. The van der Waals surface area contributed by atoms with Crippen LogP contribution in [0.1, 0.15) is 29.3 Å². The molecule has 1 heterocycles. The number of nitrogens with one attached hydrogen (secondary N) is 1. The van der Waals surface area contributed by atoms with Crippen molar-refractivity contribution < 1.29 is 9.53 Å². The Morgan fingerprint density at radius 1 is 1.36 bits per heavy atom. The summed E-state index contributed by atoms with van der Waals surface area (Å²) in [6.45, 7) is 6.33. The fourth-order valence-electron chi connectivity index (χ4n) is 2.16. The summed E-state index contributed by atoms with van der Waals surface area (Å²) in [7, 11) is 0.